The molecule has 1 aromatic heterocycles. The number of ether oxygens (including phenoxy) is 5. The van der Waals surface area contributed by atoms with Crippen LogP contribution >= 0.6 is 11.3 Å². The van der Waals surface area contributed by atoms with Crippen LogP contribution in [-0.4, -0.2) is 56.7 Å². The summed E-state index contributed by atoms with van der Waals surface area (Å²) in [5.74, 6) is -1.73. The fraction of sp³-hybridized carbons (Fsp3) is 0.393. The topological polar surface area (TPSA) is 138 Å². The molecule has 1 aromatic carbocycles. The first-order valence-electron chi connectivity index (χ1n) is 12.4. The summed E-state index contributed by atoms with van der Waals surface area (Å²) in [6.45, 7) is 8.86. The zero-order valence-corrected chi connectivity index (χ0v) is 23.4. The second-order valence-electron chi connectivity index (χ2n) is 7.80. The molecular weight excluding hydrogens is 526 g/mol. The van der Waals surface area contributed by atoms with Gasteiger partial charge in [-0.15, -0.1) is 11.3 Å². The Balaban J connectivity index is 2.37. The molecule has 0 saturated heterocycles. The molecule has 39 heavy (non-hydrogen) atoms. The number of rotatable bonds is 14. The van der Waals surface area contributed by atoms with E-state index in [0.717, 1.165) is 11.3 Å². The fourth-order valence-corrected chi connectivity index (χ4v) is 4.67. The minimum atomic E-state index is -0.660. The lowest BCUT2D eigenvalue weighted by atomic mass is 10.0. The van der Waals surface area contributed by atoms with Gasteiger partial charge in [-0.2, -0.15) is 5.26 Å². The largest absolute Gasteiger partial charge is 0.490 e. The van der Waals surface area contributed by atoms with Crippen molar-refractivity contribution in [2.75, 3.05) is 33.0 Å². The number of allylic oxidation sites excluding steroid dienone is 1. The molecule has 2 rings (SSSR count). The Morgan fingerprint density at radius 1 is 0.897 bits per heavy atom. The van der Waals surface area contributed by atoms with Crippen LogP contribution in [0.1, 0.15) is 63.7 Å². The maximum atomic E-state index is 13.2. The smallest absolute Gasteiger partial charge is 0.348 e. The summed E-state index contributed by atoms with van der Waals surface area (Å²) in [6.07, 6.45) is 1.09. The second kappa shape index (κ2) is 15.3. The average Bonchev–Trinajstić information content (AvgIpc) is 3.22. The van der Waals surface area contributed by atoms with Crippen molar-refractivity contribution in [3.63, 3.8) is 0 Å². The molecule has 0 amide bonds. The van der Waals surface area contributed by atoms with E-state index in [2.05, 4.69) is 0 Å². The van der Waals surface area contributed by atoms with Gasteiger partial charge in [0.1, 0.15) is 10.9 Å². The maximum absolute atomic E-state index is 13.2. The summed E-state index contributed by atoms with van der Waals surface area (Å²) in [7, 11) is 0. The Hall–Kier alpha value is -4.17. The van der Waals surface area contributed by atoms with Crippen LogP contribution in [0.15, 0.2) is 23.8 Å². The number of carbonyl (C=O) groups is 4. The third-order valence-electron chi connectivity index (χ3n) is 5.13. The summed E-state index contributed by atoms with van der Waals surface area (Å²) in [5.41, 5.74) is 0.794. The van der Waals surface area contributed by atoms with Crippen LogP contribution < -0.4 is 9.47 Å². The van der Waals surface area contributed by atoms with Crippen molar-refractivity contribution < 1.29 is 42.9 Å². The van der Waals surface area contributed by atoms with Crippen molar-refractivity contribution in [2.45, 2.75) is 41.0 Å². The lowest BCUT2D eigenvalue weighted by Crippen LogP contribution is -2.15. The van der Waals surface area contributed by atoms with Crippen LogP contribution in [0.25, 0.3) is 6.08 Å². The lowest BCUT2D eigenvalue weighted by molar-refractivity contribution is -0.145. The molecule has 0 bridgehead atoms. The van der Waals surface area contributed by atoms with E-state index in [4.69, 9.17) is 23.7 Å². The van der Waals surface area contributed by atoms with E-state index in [1.807, 2.05) is 6.07 Å². The fourth-order valence-electron chi connectivity index (χ4n) is 3.48. The SMILES string of the molecule is CCOC(=O)COc1ccc(C=C(C#N)C(=O)Cc2sc(C(=O)OCC)c(C)c2C(=O)OCC)cc1OCC. The molecule has 0 spiro atoms. The van der Waals surface area contributed by atoms with E-state index in [0.29, 0.717) is 34.1 Å². The van der Waals surface area contributed by atoms with E-state index >= 15 is 0 Å². The van der Waals surface area contributed by atoms with Crippen LogP contribution in [0.2, 0.25) is 0 Å². The molecule has 11 heteroatoms. The monoisotopic (exact) mass is 557 g/mol. The number of thiophene rings is 1. The van der Waals surface area contributed by atoms with Gasteiger partial charge in [0.2, 0.25) is 0 Å². The summed E-state index contributed by atoms with van der Waals surface area (Å²) in [5, 5.41) is 9.73. The van der Waals surface area contributed by atoms with E-state index < -0.39 is 23.7 Å². The quantitative estimate of drug-likeness (QED) is 0.141. The molecule has 0 aliphatic rings. The molecule has 0 N–H and O–H groups in total. The van der Waals surface area contributed by atoms with Crippen molar-refractivity contribution in [2.24, 2.45) is 0 Å². The van der Waals surface area contributed by atoms with Gasteiger partial charge in [-0.3, -0.25) is 4.79 Å². The zero-order chi connectivity index (χ0) is 28.9. The van der Waals surface area contributed by atoms with Gasteiger partial charge in [-0.1, -0.05) is 6.07 Å². The van der Waals surface area contributed by atoms with Gasteiger partial charge in [0.15, 0.2) is 23.9 Å². The van der Waals surface area contributed by atoms with E-state index in [9.17, 15) is 24.4 Å². The minimum Gasteiger partial charge on any atom is -0.490 e. The van der Waals surface area contributed by atoms with Crippen LogP contribution in [0.3, 0.4) is 0 Å². The predicted octanol–water partition coefficient (Wildman–Crippen LogP) is 4.47. The van der Waals surface area contributed by atoms with E-state index in [1.54, 1.807) is 52.8 Å². The Kier molecular flexibility index (Phi) is 12.2. The Labute approximate surface area is 231 Å². The van der Waals surface area contributed by atoms with Crippen LogP contribution in [0.5, 0.6) is 11.5 Å². The van der Waals surface area contributed by atoms with Crippen molar-refractivity contribution in [1.29, 1.82) is 5.26 Å². The van der Waals surface area contributed by atoms with Crippen LogP contribution in [-0.2, 0) is 30.2 Å². The van der Waals surface area contributed by atoms with Gasteiger partial charge >= 0.3 is 17.9 Å². The zero-order valence-electron chi connectivity index (χ0n) is 22.6. The average molecular weight is 558 g/mol. The summed E-state index contributed by atoms with van der Waals surface area (Å²) in [6, 6.07) is 6.64. The highest BCUT2D eigenvalue weighted by Gasteiger charge is 2.28. The number of hydrogen-bond acceptors (Lipinski definition) is 11. The molecule has 10 nitrogen and oxygen atoms in total. The number of esters is 3. The number of benzene rings is 1. The normalized spacial score (nSPS) is 10.8. The van der Waals surface area contributed by atoms with Crippen molar-refractivity contribution >= 4 is 41.1 Å². The summed E-state index contributed by atoms with van der Waals surface area (Å²) >= 11 is 0.966. The lowest BCUT2D eigenvalue weighted by Gasteiger charge is -2.12. The highest BCUT2D eigenvalue weighted by molar-refractivity contribution is 7.14. The number of hydrogen-bond donors (Lipinski definition) is 0. The molecule has 0 fully saturated rings. The molecule has 0 unspecified atom stereocenters. The first-order chi connectivity index (χ1) is 18.7. The minimum absolute atomic E-state index is 0.112. The number of Topliss-reactive ketones (excluding diaryl/α,β-unsaturated/α-hetero) is 1. The molecule has 0 aliphatic carbocycles. The van der Waals surface area contributed by atoms with Gasteiger partial charge in [0, 0.05) is 11.3 Å². The first kappa shape index (κ1) is 31.1. The standard InChI is InChI=1S/C28H31NO9S/c1-6-34-22-13-18(10-11-21(22)38-16-24(31)35-7-2)12-19(15-29)20(30)14-23-25(27(32)36-8-3)17(5)26(39-23)28(33)37-9-4/h10-13H,6-9,14,16H2,1-5H3. The van der Waals surface area contributed by atoms with Crippen molar-refractivity contribution in [3.05, 3.63) is 50.2 Å². The van der Waals surface area contributed by atoms with Gasteiger partial charge < -0.3 is 23.7 Å². The third-order valence-corrected chi connectivity index (χ3v) is 6.40. The summed E-state index contributed by atoms with van der Waals surface area (Å²) in [4.78, 5) is 50.3. The van der Waals surface area contributed by atoms with E-state index in [1.165, 1.54) is 6.08 Å². The molecule has 208 valence electrons. The van der Waals surface area contributed by atoms with Gasteiger partial charge in [-0.25, -0.2) is 14.4 Å². The Morgan fingerprint density at radius 3 is 2.18 bits per heavy atom. The maximum Gasteiger partial charge on any atom is 0.348 e. The molecule has 1 heterocycles. The third kappa shape index (κ3) is 8.41. The summed E-state index contributed by atoms with van der Waals surface area (Å²) < 4.78 is 26.2. The number of nitriles is 1. The molecular formula is C28H31NO9S. The van der Waals surface area contributed by atoms with Gasteiger partial charge in [-0.05, 0) is 64.0 Å². The molecule has 0 atom stereocenters. The molecule has 2 aromatic rings. The molecule has 0 saturated carbocycles. The van der Waals surface area contributed by atoms with Gasteiger partial charge in [0.25, 0.3) is 0 Å². The highest BCUT2D eigenvalue weighted by Crippen LogP contribution is 2.32. The number of carbonyl (C=O) groups excluding carboxylic acids is 4. The van der Waals surface area contributed by atoms with Crippen LogP contribution in [0.4, 0.5) is 0 Å². The molecule has 0 aliphatic heterocycles. The van der Waals surface area contributed by atoms with E-state index in [-0.39, 0.29) is 48.9 Å². The molecule has 0 radical (unpaired) electrons. The Bertz CT molecular complexity index is 1290. The first-order valence-corrected chi connectivity index (χ1v) is 13.2. The van der Waals surface area contributed by atoms with Crippen molar-refractivity contribution in [3.8, 4) is 17.6 Å². The number of ketones is 1. The highest BCUT2D eigenvalue weighted by atomic mass is 32.1. The van der Waals surface area contributed by atoms with Crippen molar-refractivity contribution in [1.82, 2.24) is 0 Å². The number of nitrogens with zero attached hydrogens (tertiary/aromatic N) is 1. The van der Waals surface area contributed by atoms with Gasteiger partial charge in [0.05, 0.1) is 37.6 Å². The second-order valence-corrected chi connectivity index (χ2v) is 8.90. The predicted molar refractivity (Wildman–Crippen MR) is 143 cm³/mol. The Morgan fingerprint density at radius 2 is 1.56 bits per heavy atom. The van der Waals surface area contributed by atoms with Crippen LogP contribution in [0, 0.1) is 18.3 Å².